The minimum Gasteiger partial charge on any atom is -0.390 e. The fourth-order valence-electron chi connectivity index (χ4n) is 3.52. The molecule has 2 heteroatoms. The van der Waals surface area contributed by atoms with Gasteiger partial charge in [-0.25, -0.2) is 0 Å². The lowest BCUT2D eigenvalue weighted by molar-refractivity contribution is -0.0111. The van der Waals surface area contributed by atoms with E-state index in [1.807, 2.05) is 0 Å². The van der Waals surface area contributed by atoms with Crippen molar-refractivity contribution in [2.24, 2.45) is 5.92 Å². The van der Waals surface area contributed by atoms with Gasteiger partial charge in [0.15, 0.2) is 0 Å². The van der Waals surface area contributed by atoms with Gasteiger partial charge in [-0.15, -0.1) is 0 Å². The zero-order valence-corrected chi connectivity index (χ0v) is 11.5. The lowest BCUT2D eigenvalue weighted by Gasteiger charge is -2.35. The maximum Gasteiger partial charge on any atom is 0.0648 e. The fraction of sp³-hybridized carbons (Fsp3) is 1.00. The van der Waals surface area contributed by atoms with E-state index in [1.165, 1.54) is 58.2 Å². The van der Waals surface area contributed by atoms with Gasteiger partial charge in [-0.1, -0.05) is 26.2 Å². The van der Waals surface area contributed by atoms with Crippen molar-refractivity contribution < 1.29 is 5.11 Å². The zero-order chi connectivity index (χ0) is 12.1. The Labute approximate surface area is 106 Å². The second-order valence-electron chi connectivity index (χ2n) is 6.20. The monoisotopic (exact) mass is 239 g/mol. The van der Waals surface area contributed by atoms with Crippen molar-refractivity contribution in [1.29, 1.82) is 0 Å². The highest BCUT2D eigenvalue weighted by molar-refractivity contribution is 4.84. The van der Waals surface area contributed by atoms with Crippen LogP contribution in [0.2, 0.25) is 0 Å². The quantitative estimate of drug-likeness (QED) is 0.814. The van der Waals surface area contributed by atoms with Crippen LogP contribution in [0.15, 0.2) is 0 Å². The van der Waals surface area contributed by atoms with Crippen LogP contribution >= 0.6 is 0 Å². The molecule has 0 radical (unpaired) electrons. The van der Waals surface area contributed by atoms with Crippen LogP contribution in [-0.2, 0) is 0 Å². The third kappa shape index (κ3) is 3.96. The van der Waals surface area contributed by atoms with Crippen molar-refractivity contribution in [1.82, 2.24) is 4.90 Å². The normalized spacial score (nSPS) is 27.2. The van der Waals surface area contributed by atoms with E-state index in [0.717, 1.165) is 25.2 Å². The molecule has 1 aliphatic heterocycles. The van der Waals surface area contributed by atoms with Crippen LogP contribution in [0.1, 0.15) is 64.7 Å². The number of hydrogen-bond donors (Lipinski definition) is 1. The predicted molar refractivity (Wildman–Crippen MR) is 72.1 cm³/mol. The van der Waals surface area contributed by atoms with E-state index in [-0.39, 0.29) is 5.60 Å². The first-order valence-electron chi connectivity index (χ1n) is 7.66. The van der Waals surface area contributed by atoms with Crippen LogP contribution < -0.4 is 0 Å². The summed E-state index contributed by atoms with van der Waals surface area (Å²) in [6.07, 6.45) is 10.9. The molecule has 1 N–H and O–H groups in total. The van der Waals surface area contributed by atoms with Crippen molar-refractivity contribution in [2.45, 2.75) is 70.3 Å². The zero-order valence-electron chi connectivity index (χ0n) is 11.5. The number of hydrogen-bond acceptors (Lipinski definition) is 2. The minimum absolute atomic E-state index is 0.292. The number of nitrogens with zero attached hydrogens (tertiary/aromatic N) is 1. The molecule has 0 atom stereocenters. The Morgan fingerprint density at radius 1 is 1.12 bits per heavy atom. The molecule has 2 fully saturated rings. The molecule has 0 aromatic rings. The van der Waals surface area contributed by atoms with Crippen LogP contribution in [-0.4, -0.2) is 35.2 Å². The molecule has 0 unspecified atom stereocenters. The van der Waals surface area contributed by atoms with Crippen LogP contribution in [0.4, 0.5) is 0 Å². The van der Waals surface area contributed by atoms with Crippen molar-refractivity contribution in [3.63, 3.8) is 0 Å². The summed E-state index contributed by atoms with van der Waals surface area (Å²) in [6.45, 7) is 6.01. The van der Waals surface area contributed by atoms with E-state index in [9.17, 15) is 5.11 Å². The SMILES string of the molecule is CCN1CCC(CCC2(O)CCCCC2)CC1. The molecule has 1 aliphatic carbocycles. The highest BCUT2D eigenvalue weighted by atomic mass is 16.3. The van der Waals surface area contributed by atoms with E-state index in [0.29, 0.717) is 0 Å². The fourth-order valence-corrected chi connectivity index (χ4v) is 3.52. The number of piperidine rings is 1. The summed E-state index contributed by atoms with van der Waals surface area (Å²) >= 11 is 0. The average Bonchev–Trinajstić information content (AvgIpc) is 2.38. The summed E-state index contributed by atoms with van der Waals surface area (Å²) in [6, 6.07) is 0. The summed E-state index contributed by atoms with van der Waals surface area (Å²) in [5.74, 6) is 0.878. The molecular formula is C15H29NO. The largest absolute Gasteiger partial charge is 0.390 e. The maximum atomic E-state index is 10.5. The molecule has 2 aliphatic rings. The van der Waals surface area contributed by atoms with Gasteiger partial charge in [0.05, 0.1) is 5.60 Å². The van der Waals surface area contributed by atoms with Crippen LogP contribution in [0.5, 0.6) is 0 Å². The lowest BCUT2D eigenvalue weighted by Crippen LogP contribution is -2.35. The first-order valence-corrected chi connectivity index (χ1v) is 7.66. The summed E-state index contributed by atoms with van der Waals surface area (Å²) in [4.78, 5) is 2.55. The van der Waals surface area contributed by atoms with Crippen LogP contribution in [0.25, 0.3) is 0 Å². The second-order valence-corrected chi connectivity index (χ2v) is 6.20. The molecule has 0 aromatic carbocycles. The van der Waals surface area contributed by atoms with E-state index in [1.54, 1.807) is 0 Å². The van der Waals surface area contributed by atoms with Crippen LogP contribution in [0, 0.1) is 5.92 Å². The summed E-state index contributed by atoms with van der Waals surface area (Å²) in [5.41, 5.74) is -0.292. The molecule has 0 bridgehead atoms. The molecule has 2 nitrogen and oxygen atoms in total. The highest BCUT2D eigenvalue weighted by Gasteiger charge is 2.30. The molecule has 0 aromatic heterocycles. The van der Waals surface area contributed by atoms with Crippen molar-refractivity contribution in [2.75, 3.05) is 19.6 Å². The van der Waals surface area contributed by atoms with E-state index >= 15 is 0 Å². The van der Waals surface area contributed by atoms with Crippen molar-refractivity contribution in [3.05, 3.63) is 0 Å². The van der Waals surface area contributed by atoms with Gasteiger partial charge in [0.2, 0.25) is 0 Å². The number of likely N-dealkylation sites (tertiary alicyclic amines) is 1. The van der Waals surface area contributed by atoms with Gasteiger partial charge in [0, 0.05) is 0 Å². The minimum atomic E-state index is -0.292. The maximum absolute atomic E-state index is 10.5. The molecule has 1 saturated carbocycles. The predicted octanol–water partition coefficient (Wildman–Crippen LogP) is 3.19. The molecule has 100 valence electrons. The van der Waals surface area contributed by atoms with Crippen LogP contribution in [0.3, 0.4) is 0 Å². The smallest absolute Gasteiger partial charge is 0.0648 e. The Morgan fingerprint density at radius 2 is 1.76 bits per heavy atom. The third-order valence-corrected chi connectivity index (χ3v) is 4.96. The number of rotatable bonds is 4. The number of aliphatic hydroxyl groups is 1. The molecule has 1 saturated heterocycles. The molecule has 1 heterocycles. The van der Waals surface area contributed by atoms with E-state index in [4.69, 9.17) is 0 Å². The highest BCUT2D eigenvalue weighted by Crippen LogP contribution is 2.34. The second kappa shape index (κ2) is 6.19. The third-order valence-electron chi connectivity index (χ3n) is 4.96. The van der Waals surface area contributed by atoms with Gasteiger partial charge in [-0.3, -0.25) is 0 Å². The van der Waals surface area contributed by atoms with Gasteiger partial charge < -0.3 is 10.0 Å². The Hall–Kier alpha value is -0.0800. The summed E-state index contributed by atoms with van der Waals surface area (Å²) in [5, 5.41) is 10.5. The summed E-state index contributed by atoms with van der Waals surface area (Å²) < 4.78 is 0. The molecular weight excluding hydrogens is 210 g/mol. The Bertz CT molecular complexity index is 215. The van der Waals surface area contributed by atoms with Gasteiger partial charge in [0.1, 0.15) is 0 Å². The first-order chi connectivity index (χ1) is 8.22. The standard InChI is InChI=1S/C15H29NO/c1-2-16-12-7-14(8-13-16)6-11-15(17)9-4-3-5-10-15/h14,17H,2-13H2,1H3. The van der Waals surface area contributed by atoms with E-state index < -0.39 is 0 Å². The topological polar surface area (TPSA) is 23.5 Å². The van der Waals surface area contributed by atoms with E-state index in [2.05, 4.69) is 11.8 Å². The van der Waals surface area contributed by atoms with Gasteiger partial charge in [-0.2, -0.15) is 0 Å². The van der Waals surface area contributed by atoms with Gasteiger partial charge in [-0.05, 0) is 64.1 Å². The van der Waals surface area contributed by atoms with Gasteiger partial charge in [0.25, 0.3) is 0 Å². The average molecular weight is 239 g/mol. The summed E-state index contributed by atoms with van der Waals surface area (Å²) in [7, 11) is 0. The van der Waals surface area contributed by atoms with Gasteiger partial charge >= 0.3 is 0 Å². The van der Waals surface area contributed by atoms with Crippen molar-refractivity contribution in [3.8, 4) is 0 Å². The molecule has 0 spiro atoms. The first kappa shape index (κ1) is 13.4. The Morgan fingerprint density at radius 3 is 2.35 bits per heavy atom. The Kier molecular flexibility index (Phi) is 4.87. The van der Waals surface area contributed by atoms with Crippen molar-refractivity contribution >= 4 is 0 Å². The molecule has 0 amide bonds. The lowest BCUT2D eigenvalue weighted by atomic mass is 9.79. The molecule has 17 heavy (non-hydrogen) atoms. The molecule has 2 rings (SSSR count). The Balaban J connectivity index is 1.68.